The smallest absolute Gasteiger partial charge is 0.407 e. The number of ether oxygens (including phenoxy) is 1. The third kappa shape index (κ3) is 2.39. The minimum absolute atomic E-state index is 0.174. The van der Waals surface area contributed by atoms with E-state index in [9.17, 15) is 9.59 Å². The molecule has 24 heavy (non-hydrogen) atoms. The van der Waals surface area contributed by atoms with Gasteiger partial charge in [-0.3, -0.25) is 4.79 Å². The topological polar surface area (TPSA) is 86.6 Å². The summed E-state index contributed by atoms with van der Waals surface area (Å²) in [6.45, 7) is 1.19. The number of nitrogens with zero attached hydrogens (tertiary/aromatic N) is 4. The lowest BCUT2D eigenvalue weighted by Crippen LogP contribution is -2.59. The van der Waals surface area contributed by atoms with Gasteiger partial charge >= 0.3 is 6.09 Å². The molecule has 1 aromatic rings. The van der Waals surface area contributed by atoms with E-state index in [0.29, 0.717) is 29.8 Å². The summed E-state index contributed by atoms with van der Waals surface area (Å²) in [7, 11) is 1.52. The Bertz CT molecular complexity index is 800. The lowest BCUT2D eigenvalue weighted by atomic mass is 10.1. The normalized spacial score (nSPS) is 19.2. The number of likely N-dealkylation sites (tertiary alicyclic amines) is 1. The summed E-state index contributed by atoms with van der Waals surface area (Å²) >= 11 is 6.06. The maximum absolute atomic E-state index is 11.8. The third-order valence-electron chi connectivity index (χ3n) is 4.06. The molecule has 0 spiro atoms. The summed E-state index contributed by atoms with van der Waals surface area (Å²) in [5, 5.41) is 3.00. The summed E-state index contributed by atoms with van der Waals surface area (Å²) in [5.41, 5.74) is 1.51. The SMILES string of the molecule is CNC(=O)OC1CN(C2=Nc3ccc(Cl)cc3N3CC(=O)N=C23)C1. The molecule has 1 fully saturated rings. The van der Waals surface area contributed by atoms with Crippen molar-refractivity contribution in [1.82, 2.24) is 10.2 Å². The Labute approximate surface area is 142 Å². The summed E-state index contributed by atoms with van der Waals surface area (Å²) < 4.78 is 5.19. The summed E-state index contributed by atoms with van der Waals surface area (Å²) in [4.78, 5) is 35.5. The summed E-state index contributed by atoms with van der Waals surface area (Å²) in [6.07, 6.45) is -0.661. The number of hydrogen-bond donors (Lipinski definition) is 1. The molecule has 0 atom stereocenters. The Morgan fingerprint density at radius 2 is 2.12 bits per heavy atom. The van der Waals surface area contributed by atoms with Crippen LogP contribution >= 0.6 is 11.6 Å². The monoisotopic (exact) mass is 347 g/mol. The quantitative estimate of drug-likeness (QED) is 0.824. The molecule has 0 radical (unpaired) electrons. The first-order chi connectivity index (χ1) is 11.5. The molecule has 1 aromatic carbocycles. The molecular weight excluding hydrogens is 334 g/mol. The number of alkyl carbamates (subject to hydrolysis) is 1. The predicted octanol–water partition coefficient (Wildman–Crippen LogP) is 1.17. The van der Waals surface area contributed by atoms with E-state index in [1.807, 2.05) is 15.9 Å². The van der Waals surface area contributed by atoms with Crippen molar-refractivity contribution in [3.05, 3.63) is 23.2 Å². The van der Waals surface area contributed by atoms with E-state index in [-0.39, 0.29) is 18.6 Å². The van der Waals surface area contributed by atoms with Crippen LogP contribution in [-0.2, 0) is 9.53 Å². The van der Waals surface area contributed by atoms with Crippen molar-refractivity contribution < 1.29 is 14.3 Å². The van der Waals surface area contributed by atoms with Crippen LogP contribution in [0.15, 0.2) is 28.2 Å². The van der Waals surface area contributed by atoms with Gasteiger partial charge in [0.05, 0.1) is 24.5 Å². The van der Waals surface area contributed by atoms with Gasteiger partial charge in [-0.2, -0.15) is 4.99 Å². The molecule has 2 amide bonds. The van der Waals surface area contributed by atoms with Crippen LogP contribution in [0, 0.1) is 0 Å². The average molecular weight is 348 g/mol. The van der Waals surface area contributed by atoms with E-state index in [1.165, 1.54) is 7.05 Å². The van der Waals surface area contributed by atoms with Crippen molar-refractivity contribution >= 4 is 46.6 Å². The zero-order valence-electron chi connectivity index (χ0n) is 12.8. The van der Waals surface area contributed by atoms with Crippen molar-refractivity contribution in [3.63, 3.8) is 0 Å². The first kappa shape index (κ1) is 14.9. The standard InChI is InChI=1S/C15H14ClN5O3/c1-17-15(23)24-9-5-20(6-9)13-14-19-12(22)7-21(14)11-4-8(16)2-3-10(11)18-13/h2-4,9H,5-7H2,1H3,(H,17,23). The van der Waals surface area contributed by atoms with Crippen molar-refractivity contribution in [3.8, 4) is 0 Å². The molecule has 1 saturated heterocycles. The van der Waals surface area contributed by atoms with Crippen LogP contribution < -0.4 is 10.2 Å². The zero-order valence-corrected chi connectivity index (χ0v) is 13.6. The van der Waals surface area contributed by atoms with Crippen LogP contribution in [0.25, 0.3) is 0 Å². The lowest BCUT2D eigenvalue weighted by molar-refractivity contribution is -0.115. The van der Waals surface area contributed by atoms with Gasteiger partial charge in [0.1, 0.15) is 12.6 Å². The molecule has 0 aliphatic carbocycles. The van der Waals surface area contributed by atoms with E-state index in [0.717, 1.165) is 11.4 Å². The van der Waals surface area contributed by atoms with Gasteiger partial charge in [0, 0.05) is 12.1 Å². The number of fused-ring (bicyclic) bond motifs is 3. The van der Waals surface area contributed by atoms with Gasteiger partial charge in [0.2, 0.25) is 0 Å². The number of carbonyl (C=O) groups excluding carboxylic acids is 2. The van der Waals surface area contributed by atoms with Crippen molar-refractivity contribution in [2.75, 3.05) is 31.6 Å². The fraction of sp³-hybridized carbons (Fsp3) is 0.333. The van der Waals surface area contributed by atoms with Crippen LogP contribution in [0.1, 0.15) is 0 Å². The molecule has 0 saturated carbocycles. The minimum Gasteiger partial charge on any atom is -0.442 e. The van der Waals surface area contributed by atoms with E-state index in [4.69, 9.17) is 16.3 Å². The van der Waals surface area contributed by atoms with Gasteiger partial charge in [0.15, 0.2) is 11.7 Å². The van der Waals surface area contributed by atoms with Crippen molar-refractivity contribution in [2.24, 2.45) is 9.98 Å². The highest BCUT2D eigenvalue weighted by atomic mass is 35.5. The van der Waals surface area contributed by atoms with Gasteiger partial charge in [-0.1, -0.05) is 11.6 Å². The number of amidine groups is 2. The second-order valence-corrected chi connectivity index (χ2v) is 6.10. The van der Waals surface area contributed by atoms with E-state index < -0.39 is 6.09 Å². The fourth-order valence-electron chi connectivity index (χ4n) is 2.87. The first-order valence-corrected chi connectivity index (χ1v) is 7.84. The van der Waals surface area contributed by atoms with Crippen LogP contribution in [-0.4, -0.2) is 61.4 Å². The van der Waals surface area contributed by atoms with Crippen molar-refractivity contribution in [2.45, 2.75) is 6.10 Å². The second-order valence-electron chi connectivity index (χ2n) is 5.67. The van der Waals surface area contributed by atoms with Crippen LogP contribution in [0.2, 0.25) is 5.02 Å². The van der Waals surface area contributed by atoms with Crippen LogP contribution in [0.4, 0.5) is 16.2 Å². The molecule has 1 N–H and O–H groups in total. The summed E-state index contributed by atoms with van der Waals surface area (Å²) in [5.74, 6) is 0.921. The molecular formula is C15H14ClN5O3. The fourth-order valence-corrected chi connectivity index (χ4v) is 3.04. The maximum Gasteiger partial charge on any atom is 0.407 e. The number of aliphatic imine (C=N–C) groups is 2. The molecule has 0 bridgehead atoms. The first-order valence-electron chi connectivity index (χ1n) is 7.46. The summed E-state index contributed by atoms with van der Waals surface area (Å²) in [6, 6.07) is 5.35. The number of benzene rings is 1. The van der Waals surface area contributed by atoms with Gasteiger partial charge < -0.3 is 19.9 Å². The highest BCUT2D eigenvalue weighted by Crippen LogP contribution is 2.37. The van der Waals surface area contributed by atoms with Crippen molar-refractivity contribution in [1.29, 1.82) is 0 Å². The Morgan fingerprint density at radius 3 is 2.88 bits per heavy atom. The van der Waals surface area contributed by atoms with Gasteiger partial charge in [0.25, 0.3) is 5.91 Å². The molecule has 9 heteroatoms. The predicted molar refractivity (Wildman–Crippen MR) is 89.2 cm³/mol. The highest BCUT2D eigenvalue weighted by Gasteiger charge is 2.40. The molecule has 3 aliphatic rings. The third-order valence-corrected chi connectivity index (χ3v) is 4.29. The maximum atomic E-state index is 11.8. The number of nitrogens with one attached hydrogen (secondary N) is 1. The average Bonchev–Trinajstić information content (AvgIpc) is 2.92. The number of halogens is 1. The van der Waals surface area contributed by atoms with Gasteiger partial charge in [-0.05, 0) is 18.2 Å². The van der Waals surface area contributed by atoms with Gasteiger partial charge in [-0.25, -0.2) is 9.79 Å². The van der Waals surface area contributed by atoms with Gasteiger partial charge in [-0.15, -0.1) is 0 Å². The Kier molecular flexibility index (Phi) is 3.42. The van der Waals surface area contributed by atoms with Crippen LogP contribution in [0.3, 0.4) is 0 Å². The molecule has 3 aliphatic heterocycles. The Morgan fingerprint density at radius 1 is 1.33 bits per heavy atom. The van der Waals surface area contributed by atoms with Crippen LogP contribution in [0.5, 0.6) is 0 Å². The van der Waals surface area contributed by atoms with E-state index in [1.54, 1.807) is 12.1 Å². The molecule has 4 rings (SSSR count). The number of carbonyl (C=O) groups is 2. The Balaban J connectivity index is 1.61. The number of rotatable bonds is 1. The molecule has 8 nitrogen and oxygen atoms in total. The largest absolute Gasteiger partial charge is 0.442 e. The number of hydrogen-bond acceptors (Lipinski definition) is 6. The van der Waals surface area contributed by atoms with E-state index >= 15 is 0 Å². The van der Waals surface area contributed by atoms with E-state index in [2.05, 4.69) is 15.3 Å². The number of anilines is 1. The molecule has 124 valence electrons. The minimum atomic E-state index is -0.458. The Hall–Kier alpha value is -2.61. The highest BCUT2D eigenvalue weighted by molar-refractivity contribution is 6.50. The second kappa shape index (κ2) is 5.48. The lowest BCUT2D eigenvalue weighted by Gasteiger charge is -2.42. The molecule has 3 heterocycles. The zero-order chi connectivity index (χ0) is 16.8. The molecule has 0 unspecified atom stereocenters. The molecule has 0 aromatic heterocycles. The number of amides is 2.